The van der Waals surface area contributed by atoms with Gasteiger partial charge in [-0.1, -0.05) is 38.2 Å². The molecule has 1 aromatic carbocycles. The molecule has 0 bridgehead atoms. The lowest BCUT2D eigenvalue weighted by Crippen LogP contribution is -2.15. The monoisotopic (exact) mass is 299 g/mol. The van der Waals surface area contributed by atoms with Crippen molar-refractivity contribution in [2.45, 2.75) is 45.4 Å². The highest BCUT2D eigenvalue weighted by atomic mass is 16.5. The molecule has 0 spiro atoms. The molecule has 0 radical (unpaired) electrons. The summed E-state index contributed by atoms with van der Waals surface area (Å²) in [7, 11) is 1.68. The zero-order chi connectivity index (χ0) is 15.5. The van der Waals surface area contributed by atoms with Crippen LogP contribution in [0.2, 0.25) is 0 Å². The second kappa shape index (κ2) is 6.53. The molecule has 3 rings (SSSR count). The summed E-state index contributed by atoms with van der Waals surface area (Å²) in [5, 5.41) is 1.16. The van der Waals surface area contributed by atoms with Crippen LogP contribution in [-0.2, 0) is 6.42 Å². The molecule has 0 atom stereocenters. The number of fused-ring (bicyclic) bond motifs is 1. The third-order valence-electron chi connectivity index (χ3n) is 4.83. The molecule has 1 aliphatic rings. The predicted octanol–water partition coefficient (Wildman–Crippen LogP) is 3.96. The number of anilines is 1. The van der Waals surface area contributed by atoms with Gasteiger partial charge >= 0.3 is 0 Å². The van der Waals surface area contributed by atoms with Gasteiger partial charge in [-0.25, -0.2) is 10.8 Å². The number of nitrogens with two attached hydrogens (primary N) is 1. The summed E-state index contributed by atoms with van der Waals surface area (Å²) in [5.74, 6) is 8.05. The molecule has 3 N–H and O–H groups in total. The minimum atomic E-state index is 0.756. The van der Waals surface area contributed by atoms with Crippen molar-refractivity contribution in [3.63, 3.8) is 0 Å². The second-order valence-corrected chi connectivity index (χ2v) is 6.33. The topological polar surface area (TPSA) is 60.2 Å². The number of nitrogens with zero attached hydrogens (tertiary/aromatic N) is 1. The van der Waals surface area contributed by atoms with E-state index in [1.54, 1.807) is 7.11 Å². The maximum atomic E-state index is 5.72. The highest BCUT2D eigenvalue weighted by Gasteiger charge is 2.18. The molecule has 4 nitrogen and oxygen atoms in total. The lowest BCUT2D eigenvalue weighted by atomic mass is 9.84. The summed E-state index contributed by atoms with van der Waals surface area (Å²) in [6, 6.07) is 6.29. The maximum absolute atomic E-state index is 5.72. The molecule has 4 heteroatoms. The van der Waals surface area contributed by atoms with Crippen LogP contribution in [0.4, 0.5) is 5.82 Å². The van der Waals surface area contributed by atoms with E-state index >= 15 is 0 Å². The Morgan fingerprint density at radius 1 is 1.27 bits per heavy atom. The number of pyridine rings is 1. The Hall–Kier alpha value is -1.81. The number of hydrogen-bond acceptors (Lipinski definition) is 4. The van der Waals surface area contributed by atoms with Gasteiger partial charge in [0.1, 0.15) is 17.1 Å². The zero-order valence-electron chi connectivity index (χ0n) is 13.5. The summed E-state index contributed by atoms with van der Waals surface area (Å²) >= 11 is 0. The average Bonchev–Trinajstić information content (AvgIpc) is 2.56. The van der Waals surface area contributed by atoms with Crippen LogP contribution in [0.5, 0.6) is 5.75 Å². The van der Waals surface area contributed by atoms with Gasteiger partial charge in [0.25, 0.3) is 0 Å². The van der Waals surface area contributed by atoms with Gasteiger partial charge in [0.2, 0.25) is 0 Å². The molecule has 22 heavy (non-hydrogen) atoms. The predicted molar refractivity (Wildman–Crippen MR) is 91.1 cm³/mol. The first-order valence-corrected chi connectivity index (χ1v) is 8.16. The van der Waals surface area contributed by atoms with Gasteiger partial charge < -0.3 is 10.2 Å². The average molecular weight is 299 g/mol. The van der Waals surface area contributed by atoms with E-state index in [0.29, 0.717) is 0 Å². The molecule has 1 aliphatic carbocycles. The fraction of sp³-hybridized carbons (Fsp3) is 0.500. The molecule has 0 amide bonds. The SMILES string of the molecule is COc1ccc(C)c2cc(CC3CCCCC3)c(NN)nc12. The molecule has 118 valence electrons. The van der Waals surface area contributed by atoms with Crippen LogP contribution in [0.25, 0.3) is 10.9 Å². The Bertz CT molecular complexity index is 663. The fourth-order valence-corrected chi connectivity index (χ4v) is 3.56. The lowest BCUT2D eigenvalue weighted by Gasteiger charge is -2.23. The number of nitrogen functional groups attached to an aromatic ring is 1. The van der Waals surface area contributed by atoms with Crippen LogP contribution in [0, 0.1) is 12.8 Å². The minimum absolute atomic E-state index is 0.756. The number of hydrazine groups is 1. The van der Waals surface area contributed by atoms with E-state index in [1.807, 2.05) is 6.07 Å². The van der Waals surface area contributed by atoms with E-state index < -0.39 is 0 Å². The Balaban J connectivity index is 2.03. The van der Waals surface area contributed by atoms with Crippen molar-refractivity contribution < 1.29 is 4.74 Å². The fourth-order valence-electron chi connectivity index (χ4n) is 3.56. The summed E-state index contributed by atoms with van der Waals surface area (Å²) in [6.07, 6.45) is 7.77. The molecule has 0 unspecified atom stereocenters. The molecular weight excluding hydrogens is 274 g/mol. The Kier molecular flexibility index (Phi) is 4.48. The van der Waals surface area contributed by atoms with Crippen molar-refractivity contribution >= 4 is 16.7 Å². The molecule has 1 aromatic heterocycles. The van der Waals surface area contributed by atoms with E-state index in [9.17, 15) is 0 Å². The Morgan fingerprint density at radius 3 is 2.73 bits per heavy atom. The number of aryl methyl sites for hydroxylation is 1. The number of benzene rings is 1. The first-order chi connectivity index (χ1) is 10.7. The van der Waals surface area contributed by atoms with E-state index in [0.717, 1.165) is 34.8 Å². The number of aromatic nitrogens is 1. The van der Waals surface area contributed by atoms with Gasteiger partial charge in [-0.05, 0) is 42.5 Å². The Morgan fingerprint density at radius 2 is 2.05 bits per heavy atom. The van der Waals surface area contributed by atoms with E-state index in [1.165, 1.54) is 43.2 Å². The van der Waals surface area contributed by atoms with Crippen LogP contribution in [-0.4, -0.2) is 12.1 Å². The van der Waals surface area contributed by atoms with Crippen molar-refractivity contribution in [1.29, 1.82) is 0 Å². The molecular formula is C18H25N3O. The third kappa shape index (κ3) is 2.88. The quantitative estimate of drug-likeness (QED) is 0.662. The van der Waals surface area contributed by atoms with Crippen LogP contribution in [0.15, 0.2) is 18.2 Å². The van der Waals surface area contributed by atoms with Crippen LogP contribution in [0.1, 0.15) is 43.2 Å². The van der Waals surface area contributed by atoms with Crippen molar-refractivity contribution in [3.05, 3.63) is 29.3 Å². The number of nitrogens with one attached hydrogen (secondary N) is 1. The van der Waals surface area contributed by atoms with Gasteiger partial charge in [0.15, 0.2) is 0 Å². The van der Waals surface area contributed by atoms with Crippen molar-refractivity contribution in [3.8, 4) is 5.75 Å². The van der Waals surface area contributed by atoms with Gasteiger partial charge in [-0.2, -0.15) is 0 Å². The molecule has 1 fully saturated rings. The standard InChI is InChI=1S/C18H25N3O/c1-12-8-9-16(22-2)17-15(12)11-14(18(20-17)21-19)10-13-6-4-3-5-7-13/h8-9,11,13H,3-7,10,19H2,1-2H3,(H,20,21). The third-order valence-corrected chi connectivity index (χ3v) is 4.83. The van der Waals surface area contributed by atoms with Crippen molar-refractivity contribution in [2.24, 2.45) is 11.8 Å². The van der Waals surface area contributed by atoms with Gasteiger partial charge in [0.05, 0.1) is 7.11 Å². The Labute approximate surface area is 132 Å². The number of hydrogen-bond donors (Lipinski definition) is 2. The largest absolute Gasteiger partial charge is 0.494 e. The summed E-state index contributed by atoms with van der Waals surface area (Å²) in [4.78, 5) is 4.73. The van der Waals surface area contributed by atoms with Crippen LogP contribution >= 0.6 is 0 Å². The maximum Gasteiger partial charge on any atom is 0.145 e. The summed E-state index contributed by atoms with van der Waals surface area (Å²) in [5.41, 5.74) is 6.10. The summed E-state index contributed by atoms with van der Waals surface area (Å²) in [6.45, 7) is 2.11. The first-order valence-electron chi connectivity index (χ1n) is 8.16. The minimum Gasteiger partial charge on any atom is -0.494 e. The number of rotatable bonds is 4. The molecule has 0 saturated heterocycles. The van der Waals surface area contributed by atoms with Crippen LogP contribution < -0.4 is 16.0 Å². The number of methoxy groups -OCH3 is 1. The normalized spacial score (nSPS) is 16.0. The zero-order valence-corrected chi connectivity index (χ0v) is 13.5. The highest BCUT2D eigenvalue weighted by molar-refractivity contribution is 5.89. The van der Waals surface area contributed by atoms with Crippen LogP contribution in [0.3, 0.4) is 0 Å². The van der Waals surface area contributed by atoms with Crippen molar-refractivity contribution in [1.82, 2.24) is 4.98 Å². The van der Waals surface area contributed by atoms with E-state index in [2.05, 4.69) is 24.5 Å². The molecule has 0 aliphatic heterocycles. The first kappa shape index (κ1) is 15.1. The number of ether oxygens (including phenoxy) is 1. The van der Waals surface area contributed by atoms with Gasteiger partial charge in [0, 0.05) is 5.39 Å². The van der Waals surface area contributed by atoms with Gasteiger partial charge in [-0.15, -0.1) is 0 Å². The second-order valence-electron chi connectivity index (χ2n) is 6.33. The van der Waals surface area contributed by atoms with E-state index in [-0.39, 0.29) is 0 Å². The van der Waals surface area contributed by atoms with Crippen molar-refractivity contribution in [2.75, 3.05) is 12.5 Å². The smallest absolute Gasteiger partial charge is 0.145 e. The molecule has 2 aromatic rings. The van der Waals surface area contributed by atoms with E-state index in [4.69, 9.17) is 15.6 Å². The highest BCUT2D eigenvalue weighted by Crippen LogP contribution is 2.33. The lowest BCUT2D eigenvalue weighted by molar-refractivity contribution is 0.357. The molecule has 1 saturated carbocycles. The summed E-state index contributed by atoms with van der Waals surface area (Å²) < 4.78 is 5.44. The molecule has 1 heterocycles. The van der Waals surface area contributed by atoms with Gasteiger partial charge in [-0.3, -0.25) is 0 Å².